The van der Waals surface area contributed by atoms with Gasteiger partial charge in [0, 0.05) is 0 Å². The number of hydrogen-bond acceptors (Lipinski definition) is 2. The fraction of sp³-hybridized carbons (Fsp3) is 0.600. The van der Waals surface area contributed by atoms with Crippen molar-refractivity contribution >= 4 is 0 Å². The molecule has 3 atom stereocenters. The van der Waals surface area contributed by atoms with Gasteiger partial charge >= 0.3 is 0 Å². The minimum atomic E-state index is 0.220. The van der Waals surface area contributed by atoms with E-state index in [9.17, 15) is 5.11 Å². The van der Waals surface area contributed by atoms with Crippen molar-refractivity contribution in [1.29, 1.82) is 0 Å². The van der Waals surface area contributed by atoms with E-state index in [1.165, 1.54) is 24.8 Å². The van der Waals surface area contributed by atoms with E-state index in [4.69, 9.17) is 4.74 Å². The van der Waals surface area contributed by atoms with Gasteiger partial charge in [0.05, 0.1) is 12.2 Å². The number of aromatic hydroxyl groups is 1. The molecule has 1 saturated heterocycles. The summed E-state index contributed by atoms with van der Waals surface area (Å²) in [6.45, 7) is 4.67. The lowest BCUT2D eigenvalue weighted by Gasteiger charge is -2.35. The number of rotatable bonds is 1. The van der Waals surface area contributed by atoms with E-state index in [1.54, 1.807) is 12.1 Å². The molecule has 0 amide bonds. The van der Waals surface area contributed by atoms with Crippen molar-refractivity contribution in [3.05, 3.63) is 29.8 Å². The summed E-state index contributed by atoms with van der Waals surface area (Å²) in [5, 5.41) is 9.35. The van der Waals surface area contributed by atoms with Gasteiger partial charge in [-0.1, -0.05) is 32.4 Å². The lowest BCUT2D eigenvalue weighted by atomic mass is 9.67. The van der Waals surface area contributed by atoms with Crippen LogP contribution in [0.4, 0.5) is 0 Å². The van der Waals surface area contributed by atoms with Crippen LogP contribution in [0, 0.1) is 11.3 Å². The Morgan fingerprint density at radius 2 is 1.88 bits per heavy atom. The van der Waals surface area contributed by atoms with E-state index in [1.807, 2.05) is 12.1 Å². The zero-order valence-electron chi connectivity index (χ0n) is 10.5. The summed E-state index contributed by atoms with van der Waals surface area (Å²) in [7, 11) is 0. The van der Waals surface area contributed by atoms with Crippen LogP contribution in [0.1, 0.15) is 44.8 Å². The Balaban J connectivity index is 1.93. The summed E-state index contributed by atoms with van der Waals surface area (Å²) in [6.07, 6.45) is 4.36. The predicted molar refractivity (Wildman–Crippen MR) is 66.8 cm³/mol. The summed E-state index contributed by atoms with van der Waals surface area (Å²) >= 11 is 0. The molecule has 2 bridgehead atoms. The molecule has 1 aliphatic carbocycles. The highest BCUT2D eigenvalue weighted by Gasteiger charge is 2.52. The monoisotopic (exact) mass is 232 g/mol. The number of phenols is 1. The van der Waals surface area contributed by atoms with Crippen LogP contribution in [-0.2, 0) is 4.74 Å². The Bertz CT molecular complexity index is 407. The molecule has 92 valence electrons. The molecule has 1 N–H and O–H groups in total. The molecule has 2 aliphatic rings. The van der Waals surface area contributed by atoms with Crippen LogP contribution >= 0.6 is 0 Å². The van der Waals surface area contributed by atoms with Gasteiger partial charge in [-0.05, 0) is 41.9 Å². The zero-order chi connectivity index (χ0) is 12.0. The second-order valence-electron chi connectivity index (χ2n) is 6.00. The third-order valence-corrected chi connectivity index (χ3v) is 4.66. The van der Waals surface area contributed by atoms with Crippen LogP contribution in [0.2, 0.25) is 0 Å². The first-order valence-corrected chi connectivity index (χ1v) is 6.53. The normalized spacial score (nSPS) is 34.8. The van der Waals surface area contributed by atoms with E-state index in [0.29, 0.717) is 23.2 Å². The molecule has 2 fully saturated rings. The van der Waals surface area contributed by atoms with Crippen molar-refractivity contribution in [1.82, 2.24) is 0 Å². The molecule has 1 aromatic rings. The third kappa shape index (κ3) is 1.66. The highest BCUT2D eigenvalue weighted by molar-refractivity contribution is 5.29. The molecule has 17 heavy (non-hydrogen) atoms. The minimum Gasteiger partial charge on any atom is -0.508 e. The molecule has 1 saturated carbocycles. The van der Waals surface area contributed by atoms with E-state index in [2.05, 4.69) is 13.8 Å². The Kier molecular flexibility index (Phi) is 2.44. The van der Waals surface area contributed by atoms with Crippen molar-refractivity contribution in [3.63, 3.8) is 0 Å². The number of ether oxygens (including phenoxy) is 1. The third-order valence-electron chi connectivity index (χ3n) is 4.66. The van der Waals surface area contributed by atoms with Crippen LogP contribution in [0.25, 0.3) is 0 Å². The molecular formula is C15H20O2. The average molecular weight is 232 g/mol. The maximum absolute atomic E-state index is 9.35. The van der Waals surface area contributed by atoms with Gasteiger partial charge in [0.1, 0.15) is 5.75 Å². The van der Waals surface area contributed by atoms with Gasteiger partial charge in [0.15, 0.2) is 0 Å². The molecule has 1 aliphatic heterocycles. The molecule has 0 spiro atoms. The van der Waals surface area contributed by atoms with Crippen molar-refractivity contribution in [2.75, 3.05) is 0 Å². The standard InChI is InChI=1S/C15H20O2/c1-15(2)12-4-3-5-13(15)17-14(12)10-6-8-11(16)9-7-10/h6-9,12-14,16H,3-5H2,1-2H3. The Morgan fingerprint density at radius 1 is 1.18 bits per heavy atom. The molecular weight excluding hydrogens is 212 g/mol. The van der Waals surface area contributed by atoms with Gasteiger partial charge < -0.3 is 9.84 Å². The lowest BCUT2D eigenvalue weighted by Crippen LogP contribution is -2.33. The van der Waals surface area contributed by atoms with Crippen LogP contribution in [0.5, 0.6) is 5.75 Å². The smallest absolute Gasteiger partial charge is 0.115 e. The lowest BCUT2D eigenvalue weighted by molar-refractivity contribution is 0.0149. The summed E-state index contributed by atoms with van der Waals surface area (Å²) < 4.78 is 6.24. The molecule has 0 aromatic heterocycles. The number of benzene rings is 1. The van der Waals surface area contributed by atoms with Crippen LogP contribution in [0.15, 0.2) is 24.3 Å². The second kappa shape index (κ2) is 3.74. The molecule has 0 radical (unpaired) electrons. The Hall–Kier alpha value is -1.02. The topological polar surface area (TPSA) is 29.5 Å². The van der Waals surface area contributed by atoms with Gasteiger partial charge in [-0.2, -0.15) is 0 Å². The Labute approximate surface area is 103 Å². The summed E-state index contributed by atoms with van der Waals surface area (Å²) in [6, 6.07) is 7.51. The molecule has 2 nitrogen and oxygen atoms in total. The van der Waals surface area contributed by atoms with Gasteiger partial charge in [-0.25, -0.2) is 0 Å². The van der Waals surface area contributed by atoms with Crippen molar-refractivity contribution in [2.24, 2.45) is 11.3 Å². The fourth-order valence-corrected chi connectivity index (χ4v) is 3.54. The fourth-order valence-electron chi connectivity index (χ4n) is 3.54. The van der Waals surface area contributed by atoms with E-state index in [0.717, 1.165) is 0 Å². The second-order valence-corrected chi connectivity index (χ2v) is 6.00. The first-order chi connectivity index (χ1) is 8.09. The molecule has 3 rings (SSSR count). The average Bonchev–Trinajstić information content (AvgIpc) is 2.49. The van der Waals surface area contributed by atoms with Gasteiger partial charge in [0.25, 0.3) is 0 Å². The maximum atomic E-state index is 9.35. The quantitative estimate of drug-likeness (QED) is 0.800. The number of phenolic OH excluding ortho intramolecular Hbond substituents is 1. The Morgan fingerprint density at radius 3 is 2.53 bits per heavy atom. The maximum Gasteiger partial charge on any atom is 0.115 e. The molecule has 1 aromatic carbocycles. The number of fused-ring (bicyclic) bond motifs is 2. The van der Waals surface area contributed by atoms with Crippen LogP contribution in [0.3, 0.4) is 0 Å². The first-order valence-electron chi connectivity index (χ1n) is 6.53. The SMILES string of the molecule is CC1(C)C2CCCC1C(c1ccc(O)cc1)O2. The van der Waals surface area contributed by atoms with Crippen molar-refractivity contribution in [2.45, 2.75) is 45.3 Å². The van der Waals surface area contributed by atoms with E-state index < -0.39 is 0 Å². The summed E-state index contributed by atoms with van der Waals surface area (Å²) in [5.74, 6) is 0.944. The van der Waals surface area contributed by atoms with Crippen molar-refractivity contribution in [3.8, 4) is 5.75 Å². The first kappa shape index (κ1) is 11.1. The van der Waals surface area contributed by atoms with Crippen molar-refractivity contribution < 1.29 is 9.84 Å². The number of hydrogen-bond donors (Lipinski definition) is 1. The van der Waals surface area contributed by atoms with Gasteiger partial charge in [-0.3, -0.25) is 0 Å². The zero-order valence-corrected chi connectivity index (χ0v) is 10.5. The van der Waals surface area contributed by atoms with E-state index in [-0.39, 0.29) is 6.10 Å². The summed E-state index contributed by atoms with van der Waals surface area (Å²) in [4.78, 5) is 0. The highest BCUT2D eigenvalue weighted by atomic mass is 16.5. The highest BCUT2D eigenvalue weighted by Crippen LogP contribution is 2.56. The molecule has 2 heteroatoms. The predicted octanol–water partition coefficient (Wildman–Crippen LogP) is 3.66. The van der Waals surface area contributed by atoms with Gasteiger partial charge in [-0.15, -0.1) is 0 Å². The van der Waals surface area contributed by atoms with Crippen LogP contribution in [-0.4, -0.2) is 11.2 Å². The van der Waals surface area contributed by atoms with E-state index >= 15 is 0 Å². The molecule has 1 heterocycles. The summed E-state index contributed by atoms with van der Waals surface area (Å²) in [5.41, 5.74) is 1.51. The molecule has 3 unspecified atom stereocenters. The van der Waals surface area contributed by atoms with Gasteiger partial charge in [0.2, 0.25) is 0 Å². The largest absolute Gasteiger partial charge is 0.508 e. The minimum absolute atomic E-state index is 0.220. The van der Waals surface area contributed by atoms with Crippen LogP contribution < -0.4 is 0 Å².